The van der Waals surface area contributed by atoms with Crippen LogP contribution in [0.2, 0.25) is 0 Å². The molecular weight excluding hydrogens is 512 g/mol. The second kappa shape index (κ2) is 18.2. The van der Waals surface area contributed by atoms with Gasteiger partial charge in [0, 0.05) is 74.2 Å². The Balaban J connectivity index is 0.986. The molecule has 4 heterocycles. The quantitative estimate of drug-likeness (QED) is 0.0821. The topological polar surface area (TPSA) is 15.5 Å². The summed E-state index contributed by atoms with van der Waals surface area (Å²) in [7, 11) is 0. The Morgan fingerprint density at radius 2 is 0.524 bits per heavy atom. The first-order valence-corrected chi connectivity index (χ1v) is 16.7. The normalized spacial score (nSPS) is 11.2. The number of aromatic nitrogens is 4. The molecule has 4 rings (SSSR count). The van der Waals surface area contributed by atoms with Gasteiger partial charge in [-0.2, -0.15) is 0 Å². The molecule has 0 aliphatic heterocycles. The zero-order valence-electron chi connectivity index (χ0n) is 26.3. The van der Waals surface area contributed by atoms with E-state index in [0.29, 0.717) is 0 Å². The van der Waals surface area contributed by atoms with E-state index in [2.05, 4.69) is 130 Å². The van der Waals surface area contributed by atoms with Crippen LogP contribution in [0, 0.1) is 0 Å². The highest BCUT2D eigenvalue weighted by Gasteiger charge is 2.07. The average Bonchev–Trinajstić information content (AvgIpc) is 3.03. The monoisotopic (exact) mass is 566 g/mol. The van der Waals surface area contributed by atoms with Crippen molar-refractivity contribution in [2.24, 2.45) is 0 Å². The Kier molecular flexibility index (Phi) is 13.7. The van der Waals surface area contributed by atoms with Crippen molar-refractivity contribution in [3.63, 3.8) is 0 Å². The molecule has 0 saturated carbocycles. The third-order valence-corrected chi connectivity index (χ3v) is 8.28. The maximum atomic E-state index is 2.33. The summed E-state index contributed by atoms with van der Waals surface area (Å²) in [5.41, 5.74) is 5.18. The van der Waals surface area contributed by atoms with E-state index < -0.39 is 0 Å². The SMILES string of the molecule is CCC[n+]1ccc(-c2cc[n+](CCCCCCCCCCCC[n+]3ccc(-c4cc[n+](CCC)cc4)cc3)cc2)cc1. The van der Waals surface area contributed by atoms with Crippen LogP contribution in [0.1, 0.15) is 90.9 Å². The van der Waals surface area contributed by atoms with Gasteiger partial charge < -0.3 is 0 Å². The maximum absolute atomic E-state index is 2.33. The molecule has 0 aliphatic carbocycles. The Labute approximate surface area is 255 Å². The van der Waals surface area contributed by atoms with Gasteiger partial charge in [-0.3, -0.25) is 0 Å². The van der Waals surface area contributed by atoms with Crippen LogP contribution in [-0.2, 0) is 26.2 Å². The predicted molar refractivity (Wildman–Crippen MR) is 171 cm³/mol. The molecule has 0 fully saturated rings. The first-order valence-electron chi connectivity index (χ1n) is 16.7. The van der Waals surface area contributed by atoms with E-state index >= 15 is 0 Å². The molecule has 0 unspecified atom stereocenters. The summed E-state index contributed by atoms with van der Waals surface area (Å²) in [6.07, 6.45) is 33.6. The standard InChI is InChI=1S/C38H54N4/c1-3-23-39-27-15-35(16-28-39)37-19-31-41(32-20-37)25-13-11-9-7-5-6-8-10-12-14-26-42-33-21-38(22-34-42)36-17-29-40(24-4-2)30-18-36/h15-22,27-34H,3-14,23-26H2,1-2H3/q+4. The lowest BCUT2D eigenvalue weighted by molar-refractivity contribution is -0.697. The second-order valence-corrected chi connectivity index (χ2v) is 11.8. The van der Waals surface area contributed by atoms with Crippen LogP contribution in [0.5, 0.6) is 0 Å². The number of hydrogen-bond donors (Lipinski definition) is 0. The van der Waals surface area contributed by atoms with Crippen LogP contribution in [0.4, 0.5) is 0 Å². The van der Waals surface area contributed by atoms with Crippen molar-refractivity contribution in [2.75, 3.05) is 0 Å². The summed E-state index contributed by atoms with van der Waals surface area (Å²) in [6, 6.07) is 17.9. The van der Waals surface area contributed by atoms with Crippen molar-refractivity contribution in [3.05, 3.63) is 98.1 Å². The lowest BCUT2D eigenvalue weighted by Gasteiger charge is -2.03. The third-order valence-electron chi connectivity index (χ3n) is 8.28. The van der Waals surface area contributed by atoms with Crippen LogP contribution >= 0.6 is 0 Å². The molecule has 0 amide bonds. The number of aryl methyl sites for hydroxylation is 4. The molecule has 222 valence electrons. The van der Waals surface area contributed by atoms with Gasteiger partial charge in [-0.05, 0) is 35.1 Å². The number of nitrogens with zero attached hydrogens (tertiary/aromatic N) is 4. The molecule has 4 aromatic heterocycles. The van der Waals surface area contributed by atoms with E-state index in [0.717, 1.165) is 26.2 Å². The van der Waals surface area contributed by atoms with Crippen LogP contribution in [-0.4, -0.2) is 0 Å². The average molecular weight is 567 g/mol. The molecule has 0 aromatic carbocycles. The fourth-order valence-electron chi connectivity index (χ4n) is 5.71. The smallest absolute Gasteiger partial charge is 0.169 e. The Morgan fingerprint density at radius 3 is 0.762 bits per heavy atom. The van der Waals surface area contributed by atoms with E-state index in [1.807, 2.05) is 0 Å². The molecule has 0 bridgehead atoms. The van der Waals surface area contributed by atoms with Gasteiger partial charge in [0.25, 0.3) is 0 Å². The van der Waals surface area contributed by atoms with Gasteiger partial charge in [-0.25, -0.2) is 18.3 Å². The maximum Gasteiger partial charge on any atom is 0.169 e. The fourth-order valence-corrected chi connectivity index (χ4v) is 5.71. The van der Waals surface area contributed by atoms with E-state index in [9.17, 15) is 0 Å². The van der Waals surface area contributed by atoms with E-state index in [-0.39, 0.29) is 0 Å². The third kappa shape index (κ3) is 10.8. The molecule has 4 aromatic rings. The van der Waals surface area contributed by atoms with Crippen LogP contribution in [0.15, 0.2) is 98.1 Å². The lowest BCUT2D eigenvalue weighted by atomic mass is 10.1. The van der Waals surface area contributed by atoms with Gasteiger partial charge in [-0.1, -0.05) is 52.4 Å². The van der Waals surface area contributed by atoms with Crippen LogP contribution < -0.4 is 18.3 Å². The van der Waals surface area contributed by atoms with Crippen LogP contribution in [0.25, 0.3) is 22.3 Å². The van der Waals surface area contributed by atoms with Gasteiger partial charge in [0.2, 0.25) is 0 Å². The predicted octanol–water partition coefficient (Wildman–Crippen LogP) is 7.59. The summed E-state index contributed by atoms with van der Waals surface area (Å²) in [5.74, 6) is 0. The molecule has 0 atom stereocenters. The van der Waals surface area contributed by atoms with E-state index in [1.54, 1.807) is 0 Å². The Morgan fingerprint density at radius 1 is 0.310 bits per heavy atom. The molecular formula is C38H54N4+4. The van der Waals surface area contributed by atoms with Gasteiger partial charge >= 0.3 is 0 Å². The van der Waals surface area contributed by atoms with Crippen molar-refractivity contribution in [2.45, 2.75) is 117 Å². The zero-order valence-corrected chi connectivity index (χ0v) is 26.3. The first-order chi connectivity index (χ1) is 20.7. The molecule has 0 radical (unpaired) electrons. The first kappa shape index (κ1) is 31.5. The number of hydrogen-bond acceptors (Lipinski definition) is 0. The lowest BCUT2D eigenvalue weighted by Crippen LogP contribution is -2.32. The number of rotatable bonds is 19. The van der Waals surface area contributed by atoms with E-state index in [4.69, 9.17) is 0 Å². The summed E-state index contributed by atoms with van der Waals surface area (Å²) in [4.78, 5) is 0. The molecule has 0 spiro atoms. The Hall–Kier alpha value is -3.40. The number of pyridine rings is 4. The largest absolute Gasteiger partial charge is 0.205 e. The summed E-state index contributed by atoms with van der Waals surface area (Å²) >= 11 is 0. The fraction of sp³-hybridized carbons (Fsp3) is 0.474. The summed E-state index contributed by atoms with van der Waals surface area (Å²) < 4.78 is 9.17. The molecule has 0 aliphatic rings. The molecule has 0 saturated heterocycles. The molecule has 0 N–H and O–H groups in total. The minimum Gasteiger partial charge on any atom is -0.205 e. The summed E-state index contributed by atoms with van der Waals surface area (Å²) in [5, 5.41) is 0. The minimum absolute atomic E-state index is 1.08. The highest BCUT2D eigenvalue weighted by atomic mass is 14.9. The van der Waals surface area contributed by atoms with Gasteiger partial charge in [0.1, 0.15) is 26.2 Å². The highest BCUT2D eigenvalue weighted by molar-refractivity contribution is 5.61. The van der Waals surface area contributed by atoms with Gasteiger partial charge in [0.05, 0.1) is 0 Å². The number of unbranched alkanes of at least 4 members (excludes halogenated alkanes) is 9. The van der Waals surface area contributed by atoms with Gasteiger partial charge in [-0.15, -0.1) is 0 Å². The second-order valence-electron chi connectivity index (χ2n) is 11.8. The van der Waals surface area contributed by atoms with Crippen LogP contribution in [0.3, 0.4) is 0 Å². The van der Waals surface area contributed by atoms with E-state index in [1.165, 1.54) is 99.3 Å². The van der Waals surface area contributed by atoms with Crippen molar-refractivity contribution in [1.29, 1.82) is 0 Å². The van der Waals surface area contributed by atoms with Crippen molar-refractivity contribution in [3.8, 4) is 22.3 Å². The Bertz CT molecular complexity index is 1160. The van der Waals surface area contributed by atoms with Crippen molar-refractivity contribution < 1.29 is 18.3 Å². The highest BCUT2D eigenvalue weighted by Crippen LogP contribution is 2.17. The van der Waals surface area contributed by atoms with Crippen molar-refractivity contribution >= 4 is 0 Å². The van der Waals surface area contributed by atoms with Crippen molar-refractivity contribution in [1.82, 2.24) is 0 Å². The molecule has 4 nitrogen and oxygen atoms in total. The summed E-state index contributed by atoms with van der Waals surface area (Å²) in [6.45, 7) is 8.85. The zero-order chi connectivity index (χ0) is 29.2. The molecule has 42 heavy (non-hydrogen) atoms. The molecule has 4 heteroatoms. The minimum atomic E-state index is 1.08. The van der Waals surface area contributed by atoms with Gasteiger partial charge in [0.15, 0.2) is 49.6 Å².